The Kier molecular flexibility index (Phi) is 15.1. The van der Waals surface area contributed by atoms with Crippen LogP contribution in [0, 0.1) is 20.8 Å². The Bertz CT molecular complexity index is 1250. The number of allylic oxidation sites excluding steroid dienone is 12. The molecule has 0 aliphatic rings. The first kappa shape index (κ1) is 35.3. The van der Waals surface area contributed by atoms with Gasteiger partial charge in [-0.25, -0.2) is 9.13 Å². The Morgan fingerprint density at radius 1 is 0.571 bits per heavy atom. The van der Waals surface area contributed by atoms with Crippen molar-refractivity contribution in [2.75, 3.05) is 0 Å². The first-order valence-corrected chi connectivity index (χ1v) is 16.3. The van der Waals surface area contributed by atoms with E-state index in [2.05, 4.69) is 134 Å². The summed E-state index contributed by atoms with van der Waals surface area (Å²) in [5.41, 5.74) is 14.2. The van der Waals surface area contributed by atoms with Crippen molar-refractivity contribution in [2.45, 2.75) is 141 Å². The van der Waals surface area contributed by atoms with Crippen LogP contribution in [0.4, 0.5) is 0 Å². The molecule has 1 heterocycles. The van der Waals surface area contributed by atoms with Crippen LogP contribution in [-0.4, -0.2) is 4.57 Å². The number of nitrogens with zero attached hydrogens (tertiary/aromatic N) is 2. The van der Waals surface area contributed by atoms with Crippen molar-refractivity contribution < 1.29 is 4.57 Å². The Balaban J connectivity index is 2.12. The molecule has 1 aromatic heterocycles. The zero-order chi connectivity index (χ0) is 31.2. The molecule has 0 atom stereocenters. The molecule has 0 bridgehead atoms. The molecule has 42 heavy (non-hydrogen) atoms. The molecule has 0 fully saturated rings. The lowest BCUT2D eigenvalue weighted by molar-refractivity contribution is -0.668. The van der Waals surface area contributed by atoms with Crippen molar-refractivity contribution >= 4 is 11.0 Å². The lowest BCUT2D eigenvalue weighted by atomic mass is 10.1. The molecule has 0 spiro atoms. The Hall–Kier alpha value is -2.87. The van der Waals surface area contributed by atoms with Gasteiger partial charge in [0.05, 0.1) is 0 Å². The van der Waals surface area contributed by atoms with Crippen LogP contribution in [0.2, 0.25) is 0 Å². The van der Waals surface area contributed by atoms with E-state index in [0.29, 0.717) is 0 Å². The number of fused-ring (bicyclic) bond motifs is 1. The van der Waals surface area contributed by atoms with Gasteiger partial charge < -0.3 is 0 Å². The first-order chi connectivity index (χ1) is 19.9. The topological polar surface area (TPSA) is 8.81 Å². The van der Waals surface area contributed by atoms with E-state index < -0.39 is 0 Å². The third-order valence-electron chi connectivity index (χ3n) is 8.44. The number of benzene rings is 1. The highest BCUT2D eigenvalue weighted by Crippen LogP contribution is 2.21. The lowest BCUT2D eigenvalue weighted by Crippen LogP contribution is -2.35. The van der Waals surface area contributed by atoms with Gasteiger partial charge in [0.2, 0.25) is 0 Å². The zero-order valence-electron chi connectivity index (χ0n) is 29.1. The number of aromatic nitrogens is 2. The van der Waals surface area contributed by atoms with E-state index in [9.17, 15) is 0 Å². The quantitative estimate of drug-likeness (QED) is 0.140. The van der Waals surface area contributed by atoms with Gasteiger partial charge in [0.1, 0.15) is 13.1 Å². The van der Waals surface area contributed by atoms with E-state index in [1.807, 2.05) is 0 Å². The minimum Gasteiger partial charge on any atom is -0.224 e. The molecule has 0 amide bonds. The third kappa shape index (κ3) is 12.2. The molecule has 0 radical (unpaired) electrons. The van der Waals surface area contributed by atoms with Crippen LogP contribution < -0.4 is 4.57 Å². The normalized spacial score (nSPS) is 13.2. The summed E-state index contributed by atoms with van der Waals surface area (Å²) < 4.78 is 5.01. The summed E-state index contributed by atoms with van der Waals surface area (Å²) in [6, 6.07) is 4.77. The molecule has 0 aliphatic heterocycles. The van der Waals surface area contributed by atoms with Crippen molar-refractivity contribution in [3.63, 3.8) is 0 Å². The molecule has 0 unspecified atom stereocenters. The summed E-state index contributed by atoms with van der Waals surface area (Å²) in [4.78, 5) is 0. The van der Waals surface area contributed by atoms with Crippen molar-refractivity contribution in [1.29, 1.82) is 0 Å². The van der Waals surface area contributed by atoms with E-state index in [1.165, 1.54) is 74.3 Å². The Morgan fingerprint density at radius 2 is 1.00 bits per heavy atom. The second kappa shape index (κ2) is 17.9. The molecular formula is C40H61N2+. The van der Waals surface area contributed by atoms with Gasteiger partial charge in [-0.15, -0.1) is 0 Å². The SMILES string of the molecule is CC(C)=CCC/C(C)=C/CC/C(C)=C/Cn1c(C)[n+](C/C=C(\C)CC/C=C(\C)CCC=C(C)C)c2cc(C)c(C)cc21. The van der Waals surface area contributed by atoms with Crippen molar-refractivity contribution in [3.8, 4) is 0 Å². The molecule has 2 nitrogen and oxygen atoms in total. The fourth-order valence-electron chi connectivity index (χ4n) is 5.35. The summed E-state index contributed by atoms with van der Waals surface area (Å²) in [5.74, 6) is 1.33. The summed E-state index contributed by atoms with van der Waals surface area (Å²) in [6.45, 7) is 26.5. The van der Waals surface area contributed by atoms with Gasteiger partial charge in [0.15, 0.2) is 11.0 Å². The van der Waals surface area contributed by atoms with Crippen LogP contribution in [0.3, 0.4) is 0 Å². The second-order valence-electron chi connectivity index (χ2n) is 13.1. The van der Waals surface area contributed by atoms with E-state index in [4.69, 9.17) is 0 Å². The average Bonchev–Trinajstić information content (AvgIpc) is 3.15. The van der Waals surface area contributed by atoms with Crippen molar-refractivity contribution in [1.82, 2.24) is 4.57 Å². The fraction of sp³-hybridized carbons (Fsp3) is 0.525. The highest BCUT2D eigenvalue weighted by Gasteiger charge is 2.21. The molecular weight excluding hydrogens is 508 g/mol. The molecule has 0 N–H and O–H groups in total. The predicted molar refractivity (Wildman–Crippen MR) is 187 cm³/mol. The van der Waals surface area contributed by atoms with E-state index in [0.717, 1.165) is 51.6 Å². The number of imidazole rings is 1. The maximum Gasteiger partial charge on any atom is 0.254 e. The standard InChI is InChI=1S/C40H61N2/c1-30(2)16-12-18-32(5)20-14-22-34(7)24-26-41-38(11)42(40-29-37(10)36(9)28-39(40)41)27-25-35(8)23-15-21-33(6)19-13-17-31(3)4/h16-17,20-21,24-25,28-29H,12-15,18-19,22-23,26-27H2,1-11H3/q+1/b32-20+,33-21+,34-24+,35-25+. The zero-order valence-corrected chi connectivity index (χ0v) is 29.1. The number of aryl methyl sites for hydroxylation is 2. The second-order valence-corrected chi connectivity index (χ2v) is 13.1. The van der Waals surface area contributed by atoms with Gasteiger partial charge in [-0.3, -0.25) is 0 Å². The minimum atomic E-state index is 0.923. The fourth-order valence-corrected chi connectivity index (χ4v) is 5.35. The van der Waals surface area contributed by atoms with Crippen LogP contribution in [0.15, 0.2) is 82.0 Å². The van der Waals surface area contributed by atoms with Crippen molar-refractivity contribution in [2.24, 2.45) is 0 Å². The molecule has 230 valence electrons. The summed E-state index contributed by atoms with van der Waals surface area (Å²) >= 11 is 0. The molecule has 2 aromatic rings. The maximum atomic E-state index is 2.51. The molecule has 2 heteroatoms. The highest BCUT2D eigenvalue weighted by atomic mass is 15.2. The predicted octanol–water partition coefficient (Wildman–Crippen LogP) is 11.7. The number of hydrogen-bond acceptors (Lipinski definition) is 0. The summed E-state index contributed by atoms with van der Waals surface area (Å²) in [5, 5.41) is 0. The van der Waals surface area contributed by atoms with Gasteiger partial charge >= 0.3 is 0 Å². The van der Waals surface area contributed by atoms with E-state index >= 15 is 0 Å². The van der Waals surface area contributed by atoms with E-state index in [1.54, 1.807) is 0 Å². The average molecular weight is 570 g/mol. The third-order valence-corrected chi connectivity index (χ3v) is 8.44. The van der Waals surface area contributed by atoms with E-state index in [-0.39, 0.29) is 0 Å². The van der Waals surface area contributed by atoms with Crippen molar-refractivity contribution in [3.05, 3.63) is 99.0 Å². The Labute approximate surface area is 259 Å². The summed E-state index contributed by atoms with van der Waals surface area (Å²) in [7, 11) is 0. The number of hydrogen-bond donors (Lipinski definition) is 0. The molecule has 0 saturated heterocycles. The first-order valence-electron chi connectivity index (χ1n) is 16.3. The molecule has 0 aliphatic carbocycles. The highest BCUT2D eigenvalue weighted by molar-refractivity contribution is 5.74. The molecule has 2 rings (SSSR count). The van der Waals surface area contributed by atoms with Crippen LogP contribution in [0.25, 0.3) is 11.0 Å². The van der Waals surface area contributed by atoms with Crippen LogP contribution in [-0.2, 0) is 13.1 Å². The molecule has 1 aromatic carbocycles. The van der Waals surface area contributed by atoms with Gasteiger partial charge in [-0.1, -0.05) is 57.7 Å². The maximum absolute atomic E-state index is 2.51. The number of rotatable bonds is 16. The monoisotopic (exact) mass is 569 g/mol. The molecule has 0 saturated carbocycles. The van der Waals surface area contributed by atoms with Crippen LogP contribution in [0.1, 0.15) is 124 Å². The summed E-state index contributed by atoms with van der Waals surface area (Å²) in [6.07, 6.45) is 23.6. The van der Waals surface area contributed by atoms with Gasteiger partial charge in [0, 0.05) is 6.92 Å². The Morgan fingerprint density at radius 3 is 1.50 bits per heavy atom. The minimum absolute atomic E-state index is 0.923. The smallest absolute Gasteiger partial charge is 0.224 e. The van der Waals surface area contributed by atoms with Gasteiger partial charge in [0.25, 0.3) is 5.82 Å². The van der Waals surface area contributed by atoms with Crippen LogP contribution >= 0.6 is 0 Å². The lowest BCUT2D eigenvalue weighted by Gasteiger charge is -2.03. The van der Waals surface area contributed by atoms with Gasteiger partial charge in [-0.05, 0) is 156 Å². The van der Waals surface area contributed by atoms with Gasteiger partial charge in [-0.2, -0.15) is 0 Å². The van der Waals surface area contributed by atoms with Crippen LogP contribution in [0.5, 0.6) is 0 Å². The largest absolute Gasteiger partial charge is 0.254 e.